The summed E-state index contributed by atoms with van der Waals surface area (Å²) in [4.78, 5) is 20.4. The van der Waals surface area contributed by atoms with Crippen molar-refractivity contribution in [2.24, 2.45) is 0 Å². The second kappa shape index (κ2) is 1.65. The quantitative estimate of drug-likeness (QED) is 0.457. The van der Waals surface area contributed by atoms with E-state index in [1.807, 2.05) is 0 Å². The van der Waals surface area contributed by atoms with Gasteiger partial charge in [0.15, 0.2) is 0 Å². The second-order valence-corrected chi connectivity index (χ2v) is 1.31. The molecule has 0 aliphatic heterocycles. The molecule has 0 saturated heterocycles. The van der Waals surface area contributed by atoms with Crippen molar-refractivity contribution in [3.8, 4) is 0 Å². The Kier molecular flexibility index (Phi) is 0.997. The van der Waals surface area contributed by atoms with E-state index in [0.29, 0.717) is 0 Å². The molecule has 0 amide bonds. The van der Waals surface area contributed by atoms with Crippen molar-refractivity contribution in [1.82, 2.24) is 10.2 Å². The van der Waals surface area contributed by atoms with Crippen LogP contribution in [0.25, 0.3) is 0 Å². The molecule has 4 heteroatoms. The second-order valence-electron chi connectivity index (χ2n) is 1.31. The van der Waals surface area contributed by atoms with Crippen LogP contribution in [0.3, 0.4) is 0 Å². The van der Waals surface area contributed by atoms with Crippen LogP contribution in [0.1, 0.15) is 0 Å². The number of aromatic nitrogens is 2. The van der Waals surface area contributed by atoms with Crippen LogP contribution < -0.4 is 11.1 Å². The highest BCUT2D eigenvalue weighted by Crippen LogP contribution is 1.50. The van der Waals surface area contributed by atoms with E-state index in [0.717, 1.165) is 0 Å². The predicted molar refractivity (Wildman–Crippen MR) is 27.7 cm³/mol. The highest BCUT2D eigenvalue weighted by atomic mass is 16.2. The molecule has 1 aromatic rings. The van der Waals surface area contributed by atoms with Gasteiger partial charge in [-0.25, -0.2) is 0 Å². The Morgan fingerprint density at radius 2 is 1.38 bits per heavy atom. The van der Waals surface area contributed by atoms with E-state index in [1.54, 1.807) is 0 Å². The molecule has 0 radical (unpaired) electrons. The zero-order chi connectivity index (χ0) is 5.98. The first-order chi connectivity index (χ1) is 3.79. The number of H-pyrrole nitrogens is 2. The standard InChI is InChI=1S/C4H4N2O2/c7-3-1-2-4(8)6-5-3/h1-2H,(H,5,7)(H,6,8)/i1+1,2+1. The van der Waals surface area contributed by atoms with E-state index in [-0.39, 0.29) is 11.1 Å². The van der Waals surface area contributed by atoms with Gasteiger partial charge in [0.05, 0.1) is 0 Å². The van der Waals surface area contributed by atoms with Crippen molar-refractivity contribution in [3.63, 3.8) is 0 Å². The SMILES string of the molecule is O=c1[13cH][13cH]c(=O)[nH][nH]1. The van der Waals surface area contributed by atoms with Crippen LogP contribution in [-0.4, -0.2) is 10.2 Å². The van der Waals surface area contributed by atoms with Gasteiger partial charge in [0.25, 0.3) is 11.1 Å². The average Bonchev–Trinajstić information content (AvgIpc) is 1.77. The number of nitrogens with one attached hydrogen (secondary N) is 2. The topological polar surface area (TPSA) is 65.7 Å². The van der Waals surface area contributed by atoms with E-state index in [4.69, 9.17) is 0 Å². The maximum absolute atomic E-state index is 10.2. The number of hydrogen-bond acceptors (Lipinski definition) is 2. The van der Waals surface area contributed by atoms with Crippen LogP contribution in [0, 0.1) is 0 Å². The molecule has 1 heterocycles. The third-order valence-corrected chi connectivity index (χ3v) is 0.695. The maximum atomic E-state index is 10.2. The van der Waals surface area contributed by atoms with Gasteiger partial charge in [-0.3, -0.25) is 19.8 Å². The zero-order valence-electron chi connectivity index (χ0n) is 3.97. The van der Waals surface area contributed by atoms with E-state index < -0.39 is 0 Å². The van der Waals surface area contributed by atoms with Gasteiger partial charge in [-0.15, -0.1) is 0 Å². The molecule has 0 saturated carbocycles. The molecule has 4 nitrogen and oxygen atoms in total. The largest absolute Gasteiger partial charge is 0.268 e. The Bertz CT molecular complexity index is 219. The Morgan fingerprint density at radius 1 is 1.00 bits per heavy atom. The van der Waals surface area contributed by atoms with Gasteiger partial charge >= 0.3 is 0 Å². The van der Waals surface area contributed by atoms with Crippen LogP contribution in [0.15, 0.2) is 21.7 Å². The van der Waals surface area contributed by atoms with Crippen molar-refractivity contribution < 1.29 is 0 Å². The molecule has 8 heavy (non-hydrogen) atoms. The molecular formula is C4H4N2O2. The summed E-state index contributed by atoms with van der Waals surface area (Å²) in [5.74, 6) is 0. The van der Waals surface area contributed by atoms with Crippen LogP contribution >= 0.6 is 0 Å². The minimum Gasteiger partial charge on any atom is -0.268 e. The molecule has 0 aliphatic rings. The Balaban J connectivity index is 3.44. The normalized spacial score (nSPS) is 9.00. The summed E-state index contributed by atoms with van der Waals surface area (Å²) in [5, 5.41) is 4.21. The molecule has 0 spiro atoms. The first kappa shape index (κ1) is 4.83. The summed E-state index contributed by atoms with van der Waals surface area (Å²) >= 11 is 0. The van der Waals surface area contributed by atoms with Gasteiger partial charge in [0, 0.05) is 12.1 Å². The summed E-state index contributed by atoms with van der Waals surface area (Å²) in [6.07, 6.45) is 0. The summed E-state index contributed by atoms with van der Waals surface area (Å²) in [7, 11) is 0. The fourth-order valence-corrected chi connectivity index (χ4v) is 0.358. The van der Waals surface area contributed by atoms with Gasteiger partial charge in [0.1, 0.15) is 0 Å². The Hall–Kier alpha value is -1.32. The molecule has 42 valence electrons. The maximum Gasteiger partial charge on any atom is 0.262 e. The van der Waals surface area contributed by atoms with Crippen molar-refractivity contribution in [3.05, 3.63) is 32.8 Å². The monoisotopic (exact) mass is 114 g/mol. The predicted octanol–water partition coefficient (Wildman–Crippen LogP) is -0.937. The summed E-state index contributed by atoms with van der Waals surface area (Å²) < 4.78 is 0. The summed E-state index contributed by atoms with van der Waals surface area (Å²) in [6, 6.07) is 2.33. The first-order valence-electron chi connectivity index (χ1n) is 2.07. The van der Waals surface area contributed by atoms with Gasteiger partial charge in [0.2, 0.25) is 0 Å². The van der Waals surface area contributed by atoms with Crippen LogP contribution in [0.5, 0.6) is 0 Å². The lowest BCUT2D eigenvalue weighted by Crippen LogP contribution is -2.14. The van der Waals surface area contributed by atoms with E-state index in [9.17, 15) is 9.59 Å². The molecule has 0 fully saturated rings. The van der Waals surface area contributed by atoms with Crippen molar-refractivity contribution >= 4 is 0 Å². The lowest BCUT2D eigenvalue weighted by atomic mass is 11.0. The smallest absolute Gasteiger partial charge is 0.262 e. The van der Waals surface area contributed by atoms with E-state index >= 15 is 0 Å². The fraction of sp³-hybridized carbons (Fsp3) is 0. The van der Waals surface area contributed by atoms with Crippen LogP contribution in [0.4, 0.5) is 0 Å². The van der Waals surface area contributed by atoms with Gasteiger partial charge in [-0.2, -0.15) is 0 Å². The number of aromatic amines is 2. The molecular weight excluding hydrogens is 110 g/mol. The molecule has 0 unspecified atom stereocenters. The number of rotatable bonds is 0. The molecule has 0 atom stereocenters. The Morgan fingerprint density at radius 3 is 1.62 bits per heavy atom. The molecule has 2 N–H and O–H groups in total. The van der Waals surface area contributed by atoms with Crippen LogP contribution in [-0.2, 0) is 0 Å². The third kappa shape index (κ3) is 0.841. The van der Waals surface area contributed by atoms with Gasteiger partial charge in [-0.1, -0.05) is 0 Å². The lowest BCUT2D eigenvalue weighted by molar-refractivity contribution is 0.952. The molecule has 0 aliphatic carbocycles. The zero-order valence-corrected chi connectivity index (χ0v) is 3.97. The van der Waals surface area contributed by atoms with Crippen LogP contribution in [0.2, 0.25) is 0 Å². The fourth-order valence-electron chi connectivity index (χ4n) is 0.358. The van der Waals surface area contributed by atoms with E-state index in [1.165, 1.54) is 12.1 Å². The summed E-state index contributed by atoms with van der Waals surface area (Å²) in [6.45, 7) is 0. The minimum absolute atomic E-state index is 0.301. The highest BCUT2D eigenvalue weighted by molar-refractivity contribution is 4.82. The molecule has 1 rings (SSSR count). The van der Waals surface area contributed by atoms with Crippen molar-refractivity contribution in [1.29, 1.82) is 0 Å². The minimum atomic E-state index is -0.301. The third-order valence-electron chi connectivity index (χ3n) is 0.695. The Labute approximate surface area is 44.2 Å². The van der Waals surface area contributed by atoms with E-state index in [2.05, 4.69) is 10.2 Å². The molecule has 0 bridgehead atoms. The lowest BCUT2D eigenvalue weighted by Gasteiger charge is -1.76. The highest BCUT2D eigenvalue weighted by Gasteiger charge is 1.77. The van der Waals surface area contributed by atoms with Crippen molar-refractivity contribution in [2.75, 3.05) is 0 Å². The first-order valence-corrected chi connectivity index (χ1v) is 2.07. The average molecular weight is 114 g/mol. The molecule has 0 aromatic carbocycles. The van der Waals surface area contributed by atoms with Gasteiger partial charge in [-0.05, 0) is 0 Å². The molecule has 1 aromatic heterocycles. The summed E-state index contributed by atoms with van der Waals surface area (Å²) in [5.41, 5.74) is -0.603. The van der Waals surface area contributed by atoms with Gasteiger partial charge < -0.3 is 0 Å². The number of hydrogen-bond donors (Lipinski definition) is 2. The van der Waals surface area contributed by atoms with Crippen molar-refractivity contribution in [2.45, 2.75) is 0 Å².